The van der Waals surface area contributed by atoms with Crippen molar-refractivity contribution in [1.82, 2.24) is 0 Å². The first kappa shape index (κ1) is 13.4. The molecule has 0 aliphatic carbocycles. The van der Waals surface area contributed by atoms with E-state index in [9.17, 15) is 0 Å². The molecule has 0 fully saturated rings. The maximum atomic E-state index is 2.30. The van der Waals surface area contributed by atoms with E-state index in [4.69, 9.17) is 0 Å². The van der Waals surface area contributed by atoms with Crippen LogP contribution >= 0.6 is 11.8 Å². The molecule has 4 aromatic rings. The highest BCUT2D eigenvalue weighted by Crippen LogP contribution is 2.30. The lowest BCUT2D eigenvalue weighted by molar-refractivity contribution is 1.39. The Bertz CT molecular complexity index is 926. The molecule has 22 heavy (non-hydrogen) atoms. The highest BCUT2D eigenvalue weighted by atomic mass is 32.2. The van der Waals surface area contributed by atoms with Crippen LogP contribution in [-0.2, 0) is 5.75 Å². The van der Waals surface area contributed by atoms with Crippen molar-refractivity contribution in [2.45, 2.75) is 10.6 Å². The molecule has 4 aromatic carbocycles. The smallest absolute Gasteiger partial charge is 0.0231 e. The zero-order valence-corrected chi connectivity index (χ0v) is 13.0. The monoisotopic (exact) mass is 300 g/mol. The third kappa shape index (κ3) is 2.60. The van der Waals surface area contributed by atoms with Gasteiger partial charge in [0.15, 0.2) is 0 Å². The maximum absolute atomic E-state index is 2.30. The van der Waals surface area contributed by atoms with Crippen molar-refractivity contribution < 1.29 is 0 Å². The van der Waals surface area contributed by atoms with Gasteiger partial charge >= 0.3 is 0 Å². The summed E-state index contributed by atoms with van der Waals surface area (Å²) < 4.78 is 0. The van der Waals surface area contributed by atoms with E-state index in [2.05, 4.69) is 84.9 Å². The van der Waals surface area contributed by atoms with Gasteiger partial charge in [-0.05, 0) is 39.2 Å². The topological polar surface area (TPSA) is 0 Å². The molecule has 0 atom stereocenters. The molecule has 0 heterocycles. The van der Waals surface area contributed by atoms with Crippen molar-refractivity contribution in [3.05, 3.63) is 90.5 Å². The fourth-order valence-corrected chi connectivity index (χ4v) is 3.72. The van der Waals surface area contributed by atoms with Crippen LogP contribution < -0.4 is 0 Å². The lowest BCUT2D eigenvalue weighted by atomic mass is 10.0. The van der Waals surface area contributed by atoms with E-state index in [-0.39, 0.29) is 0 Å². The van der Waals surface area contributed by atoms with Gasteiger partial charge in [0.05, 0.1) is 0 Å². The number of hydrogen-bond acceptors (Lipinski definition) is 1. The van der Waals surface area contributed by atoms with Crippen LogP contribution in [0.15, 0.2) is 89.8 Å². The van der Waals surface area contributed by atoms with E-state index in [0.29, 0.717) is 0 Å². The normalized spacial score (nSPS) is 11.1. The van der Waals surface area contributed by atoms with Crippen molar-refractivity contribution in [3.8, 4) is 0 Å². The molecular formula is C21H16S. The Balaban J connectivity index is 1.67. The number of thioether (sulfide) groups is 1. The molecule has 1 heteroatoms. The first-order valence-electron chi connectivity index (χ1n) is 7.48. The van der Waals surface area contributed by atoms with Crippen LogP contribution in [0.25, 0.3) is 21.5 Å². The third-order valence-corrected chi connectivity index (χ3v) is 5.03. The Hall–Kier alpha value is -2.25. The summed E-state index contributed by atoms with van der Waals surface area (Å²) in [6.45, 7) is 0. The zero-order valence-electron chi connectivity index (χ0n) is 12.2. The summed E-state index contributed by atoms with van der Waals surface area (Å²) in [5.74, 6) is 1.01. The molecule has 0 radical (unpaired) electrons. The quantitative estimate of drug-likeness (QED) is 0.317. The zero-order chi connectivity index (χ0) is 14.8. The summed E-state index contributed by atoms with van der Waals surface area (Å²) in [7, 11) is 0. The number of hydrogen-bond donors (Lipinski definition) is 0. The van der Waals surface area contributed by atoms with Crippen molar-refractivity contribution in [1.29, 1.82) is 0 Å². The molecule has 0 aliphatic rings. The Labute approximate surface area is 134 Å². The average molecular weight is 300 g/mol. The molecule has 0 unspecified atom stereocenters. The number of benzene rings is 4. The predicted molar refractivity (Wildman–Crippen MR) is 97.5 cm³/mol. The van der Waals surface area contributed by atoms with Crippen LogP contribution in [0.3, 0.4) is 0 Å². The van der Waals surface area contributed by atoms with Gasteiger partial charge < -0.3 is 0 Å². The van der Waals surface area contributed by atoms with E-state index in [0.717, 1.165) is 5.75 Å². The SMILES string of the molecule is c1ccc(CSc2ccc3c(ccc4ccccc43)c2)cc1. The minimum atomic E-state index is 1.01. The summed E-state index contributed by atoms with van der Waals surface area (Å²) in [4.78, 5) is 1.33. The molecule has 0 amide bonds. The lowest BCUT2D eigenvalue weighted by Gasteiger charge is -2.07. The molecule has 0 bridgehead atoms. The number of rotatable bonds is 3. The average Bonchev–Trinajstić information content (AvgIpc) is 2.60. The highest BCUT2D eigenvalue weighted by molar-refractivity contribution is 7.98. The molecule has 0 saturated heterocycles. The van der Waals surface area contributed by atoms with Gasteiger partial charge in [0.1, 0.15) is 0 Å². The van der Waals surface area contributed by atoms with Crippen LogP contribution in [0.5, 0.6) is 0 Å². The van der Waals surface area contributed by atoms with Gasteiger partial charge in [-0.25, -0.2) is 0 Å². The van der Waals surface area contributed by atoms with Gasteiger partial charge in [0.25, 0.3) is 0 Å². The largest absolute Gasteiger partial charge is 0.121 e. The Morgan fingerprint density at radius 2 is 1.32 bits per heavy atom. The maximum Gasteiger partial charge on any atom is 0.0231 e. The van der Waals surface area contributed by atoms with E-state index in [1.807, 2.05) is 11.8 Å². The summed E-state index contributed by atoms with van der Waals surface area (Å²) >= 11 is 1.89. The van der Waals surface area contributed by atoms with E-state index < -0.39 is 0 Å². The van der Waals surface area contributed by atoms with Crippen LogP contribution in [0.2, 0.25) is 0 Å². The molecule has 106 valence electrons. The first-order chi connectivity index (χ1) is 10.9. The molecule has 0 aliphatic heterocycles. The van der Waals surface area contributed by atoms with Gasteiger partial charge in [0.2, 0.25) is 0 Å². The number of fused-ring (bicyclic) bond motifs is 3. The minimum Gasteiger partial charge on any atom is -0.121 e. The van der Waals surface area contributed by atoms with Crippen LogP contribution in [0.1, 0.15) is 5.56 Å². The first-order valence-corrected chi connectivity index (χ1v) is 8.47. The fraction of sp³-hybridized carbons (Fsp3) is 0.0476. The summed E-state index contributed by atoms with van der Waals surface area (Å²) in [5, 5.41) is 5.29. The molecule has 0 spiro atoms. The predicted octanol–water partition coefficient (Wildman–Crippen LogP) is 6.29. The summed E-state index contributed by atoms with van der Waals surface area (Å²) in [5.41, 5.74) is 1.37. The van der Waals surface area contributed by atoms with Crippen LogP contribution in [0, 0.1) is 0 Å². The highest BCUT2D eigenvalue weighted by Gasteiger charge is 2.02. The Kier molecular flexibility index (Phi) is 3.57. The molecule has 0 aromatic heterocycles. The van der Waals surface area contributed by atoms with E-state index in [1.165, 1.54) is 32.0 Å². The second kappa shape index (κ2) is 5.86. The third-order valence-electron chi connectivity index (χ3n) is 3.96. The molecule has 0 nitrogen and oxygen atoms in total. The minimum absolute atomic E-state index is 1.01. The molecular weight excluding hydrogens is 284 g/mol. The Morgan fingerprint density at radius 3 is 2.23 bits per heavy atom. The van der Waals surface area contributed by atoms with Crippen molar-refractivity contribution in [3.63, 3.8) is 0 Å². The van der Waals surface area contributed by atoms with Gasteiger partial charge in [-0.2, -0.15) is 0 Å². The van der Waals surface area contributed by atoms with Gasteiger partial charge in [-0.3, -0.25) is 0 Å². The summed E-state index contributed by atoms with van der Waals surface area (Å²) in [6.07, 6.45) is 0. The van der Waals surface area contributed by atoms with Gasteiger partial charge in [-0.1, -0.05) is 72.8 Å². The second-order valence-corrected chi connectivity index (χ2v) is 6.49. The van der Waals surface area contributed by atoms with Crippen molar-refractivity contribution in [2.24, 2.45) is 0 Å². The van der Waals surface area contributed by atoms with Gasteiger partial charge in [0, 0.05) is 10.6 Å². The second-order valence-electron chi connectivity index (χ2n) is 5.44. The molecule has 0 saturated carbocycles. The van der Waals surface area contributed by atoms with Crippen LogP contribution in [0.4, 0.5) is 0 Å². The fourth-order valence-electron chi connectivity index (χ4n) is 2.82. The van der Waals surface area contributed by atoms with E-state index in [1.54, 1.807) is 0 Å². The van der Waals surface area contributed by atoms with Crippen LogP contribution in [-0.4, -0.2) is 0 Å². The summed E-state index contributed by atoms with van der Waals surface area (Å²) in [6, 6.07) is 30.4. The standard InChI is InChI=1S/C21H16S/c1-2-6-16(7-3-1)15-22-19-12-13-21-18(14-19)11-10-17-8-4-5-9-20(17)21/h1-14H,15H2. The Morgan fingerprint density at radius 1 is 0.591 bits per heavy atom. The van der Waals surface area contributed by atoms with E-state index >= 15 is 0 Å². The lowest BCUT2D eigenvalue weighted by Crippen LogP contribution is -1.81. The molecule has 0 N–H and O–H groups in total. The van der Waals surface area contributed by atoms with Gasteiger partial charge in [-0.15, -0.1) is 11.8 Å². The molecule has 4 rings (SSSR count). The van der Waals surface area contributed by atoms with Crippen molar-refractivity contribution in [2.75, 3.05) is 0 Å². The van der Waals surface area contributed by atoms with Crippen molar-refractivity contribution >= 4 is 33.3 Å².